The van der Waals surface area contributed by atoms with E-state index >= 15 is 0 Å². The highest BCUT2D eigenvalue weighted by atomic mass is 35.5. The highest BCUT2D eigenvalue weighted by molar-refractivity contribution is 7.92. The summed E-state index contributed by atoms with van der Waals surface area (Å²) in [6.07, 6.45) is 1.61. The zero-order valence-corrected chi connectivity index (χ0v) is 19.5. The lowest BCUT2D eigenvalue weighted by atomic mass is 10.3. The molecule has 7 nitrogen and oxygen atoms in total. The van der Waals surface area contributed by atoms with Crippen LogP contribution in [0.4, 0.5) is 11.4 Å². The van der Waals surface area contributed by atoms with E-state index in [2.05, 4.69) is 11.9 Å². The summed E-state index contributed by atoms with van der Waals surface area (Å²) in [4.78, 5) is 12.9. The Labute approximate surface area is 198 Å². The maximum atomic E-state index is 13.4. The summed E-state index contributed by atoms with van der Waals surface area (Å²) in [5, 5.41) is 3.16. The van der Waals surface area contributed by atoms with Crippen molar-refractivity contribution in [2.24, 2.45) is 0 Å². The zero-order chi connectivity index (χ0) is 23.8. The first-order chi connectivity index (χ1) is 15.8. The highest BCUT2D eigenvalue weighted by Crippen LogP contribution is 2.27. The molecule has 0 aliphatic carbocycles. The van der Waals surface area contributed by atoms with Crippen molar-refractivity contribution in [3.63, 3.8) is 0 Å². The second-order valence-electron chi connectivity index (χ2n) is 6.84. The van der Waals surface area contributed by atoms with Gasteiger partial charge in [0.05, 0.1) is 17.7 Å². The van der Waals surface area contributed by atoms with Crippen LogP contribution in [0.3, 0.4) is 0 Å². The van der Waals surface area contributed by atoms with Crippen molar-refractivity contribution in [1.29, 1.82) is 0 Å². The van der Waals surface area contributed by atoms with Gasteiger partial charge in [0.15, 0.2) is 0 Å². The van der Waals surface area contributed by atoms with E-state index in [9.17, 15) is 13.2 Å². The van der Waals surface area contributed by atoms with E-state index in [1.165, 1.54) is 19.2 Å². The van der Waals surface area contributed by atoms with Gasteiger partial charge in [0, 0.05) is 16.8 Å². The third-order valence-corrected chi connectivity index (χ3v) is 6.57. The molecule has 0 aromatic heterocycles. The van der Waals surface area contributed by atoms with Gasteiger partial charge in [0.2, 0.25) is 5.91 Å². The van der Waals surface area contributed by atoms with Gasteiger partial charge in [-0.3, -0.25) is 9.10 Å². The topological polar surface area (TPSA) is 84.9 Å². The van der Waals surface area contributed by atoms with E-state index in [0.29, 0.717) is 34.5 Å². The van der Waals surface area contributed by atoms with Crippen molar-refractivity contribution in [3.05, 3.63) is 90.5 Å². The maximum absolute atomic E-state index is 13.4. The Kier molecular flexibility index (Phi) is 7.97. The average molecular weight is 487 g/mol. The number of nitrogens with zero attached hydrogens (tertiary/aromatic N) is 1. The number of anilines is 2. The van der Waals surface area contributed by atoms with Gasteiger partial charge in [-0.15, -0.1) is 0 Å². The molecule has 0 aliphatic heterocycles. The van der Waals surface area contributed by atoms with Crippen LogP contribution in [-0.2, 0) is 14.8 Å². The number of hydrogen-bond acceptors (Lipinski definition) is 5. The summed E-state index contributed by atoms with van der Waals surface area (Å²) >= 11 is 5.97. The summed E-state index contributed by atoms with van der Waals surface area (Å²) in [6, 6.07) is 18.9. The van der Waals surface area contributed by atoms with E-state index in [4.69, 9.17) is 21.1 Å². The van der Waals surface area contributed by atoms with E-state index in [-0.39, 0.29) is 4.90 Å². The monoisotopic (exact) mass is 486 g/mol. The number of hydrogen-bond donors (Lipinski definition) is 1. The normalized spacial score (nSPS) is 10.8. The molecule has 3 rings (SSSR count). The fraction of sp³-hybridized carbons (Fsp3) is 0.125. The smallest absolute Gasteiger partial charge is 0.264 e. The van der Waals surface area contributed by atoms with Crippen LogP contribution in [0.25, 0.3) is 0 Å². The van der Waals surface area contributed by atoms with Crippen LogP contribution in [0.15, 0.2) is 90.3 Å². The van der Waals surface area contributed by atoms with Crippen LogP contribution in [0, 0.1) is 0 Å². The molecule has 0 radical (unpaired) electrons. The lowest BCUT2D eigenvalue weighted by molar-refractivity contribution is -0.114. The molecule has 33 heavy (non-hydrogen) atoms. The average Bonchev–Trinajstić information content (AvgIpc) is 2.82. The van der Waals surface area contributed by atoms with E-state index in [0.717, 1.165) is 4.31 Å². The van der Waals surface area contributed by atoms with Crippen molar-refractivity contribution < 1.29 is 22.7 Å². The van der Waals surface area contributed by atoms with Gasteiger partial charge in [-0.05, 0) is 60.7 Å². The van der Waals surface area contributed by atoms with Gasteiger partial charge in [0.25, 0.3) is 10.0 Å². The number of halogens is 1. The molecule has 172 valence electrons. The van der Waals surface area contributed by atoms with Gasteiger partial charge in [0.1, 0.15) is 24.7 Å². The number of carbonyl (C=O) groups is 1. The fourth-order valence-corrected chi connectivity index (χ4v) is 4.49. The minimum atomic E-state index is -4.06. The number of methoxy groups -OCH3 is 1. The number of nitrogens with one attached hydrogen (secondary N) is 1. The van der Waals surface area contributed by atoms with Crippen molar-refractivity contribution in [2.75, 3.05) is 29.9 Å². The van der Waals surface area contributed by atoms with Crippen molar-refractivity contribution >= 4 is 38.9 Å². The number of rotatable bonds is 10. The summed E-state index contributed by atoms with van der Waals surface area (Å²) in [6.45, 7) is 3.47. The highest BCUT2D eigenvalue weighted by Gasteiger charge is 2.27. The van der Waals surface area contributed by atoms with Gasteiger partial charge in [-0.1, -0.05) is 30.3 Å². The SMILES string of the molecule is C=CCOc1cccc(NC(=O)CN(c2ccc(Cl)cc2)S(=O)(=O)c2ccc(OC)cc2)c1. The van der Waals surface area contributed by atoms with Crippen LogP contribution >= 0.6 is 11.6 Å². The molecular weight excluding hydrogens is 464 g/mol. The Balaban J connectivity index is 1.87. The molecule has 0 spiro atoms. The van der Waals surface area contributed by atoms with Gasteiger partial charge < -0.3 is 14.8 Å². The van der Waals surface area contributed by atoms with Gasteiger partial charge in [-0.2, -0.15) is 0 Å². The molecule has 0 saturated carbocycles. The minimum absolute atomic E-state index is 0.0193. The summed E-state index contributed by atoms with van der Waals surface area (Å²) < 4.78 is 38.4. The maximum Gasteiger partial charge on any atom is 0.264 e. The lowest BCUT2D eigenvalue weighted by Gasteiger charge is -2.24. The Morgan fingerprint density at radius 2 is 1.76 bits per heavy atom. The second kappa shape index (κ2) is 10.9. The van der Waals surface area contributed by atoms with Gasteiger partial charge in [-0.25, -0.2) is 8.42 Å². The fourth-order valence-electron chi connectivity index (χ4n) is 2.95. The molecule has 0 saturated heterocycles. The van der Waals surface area contributed by atoms with Crippen LogP contribution in [0.1, 0.15) is 0 Å². The predicted octanol–water partition coefficient (Wildman–Crippen LogP) is 4.75. The molecule has 0 atom stereocenters. The first-order valence-corrected chi connectivity index (χ1v) is 11.7. The number of amides is 1. The molecule has 9 heteroatoms. The van der Waals surface area contributed by atoms with Gasteiger partial charge >= 0.3 is 0 Å². The molecule has 0 unspecified atom stereocenters. The van der Waals surface area contributed by atoms with Crippen molar-refractivity contribution in [3.8, 4) is 11.5 Å². The molecule has 3 aromatic rings. The third kappa shape index (κ3) is 6.27. The first-order valence-electron chi connectivity index (χ1n) is 9.89. The molecule has 3 aromatic carbocycles. The number of sulfonamides is 1. The number of benzene rings is 3. The summed E-state index contributed by atoms with van der Waals surface area (Å²) in [5.41, 5.74) is 0.771. The molecule has 0 heterocycles. The number of ether oxygens (including phenoxy) is 2. The molecule has 1 N–H and O–H groups in total. The molecule has 0 fully saturated rings. The summed E-state index contributed by atoms with van der Waals surface area (Å²) in [7, 11) is -2.57. The third-order valence-electron chi connectivity index (χ3n) is 4.53. The zero-order valence-electron chi connectivity index (χ0n) is 17.9. The predicted molar refractivity (Wildman–Crippen MR) is 130 cm³/mol. The standard InChI is InChI=1S/C24H23ClN2O5S/c1-3-15-32-22-6-4-5-19(16-22)26-24(28)17-27(20-9-7-18(25)8-10-20)33(29,30)23-13-11-21(31-2)12-14-23/h3-14,16H,1,15,17H2,2H3,(H,26,28). The van der Waals surface area contributed by atoms with Crippen LogP contribution in [0.2, 0.25) is 5.02 Å². The molecule has 0 aliphatic rings. The van der Waals surface area contributed by atoms with Crippen LogP contribution in [0.5, 0.6) is 11.5 Å². The Hall–Kier alpha value is -3.49. The Morgan fingerprint density at radius 3 is 2.39 bits per heavy atom. The lowest BCUT2D eigenvalue weighted by Crippen LogP contribution is -2.38. The quantitative estimate of drug-likeness (QED) is 0.418. The second-order valence-corrected chi connectivity index (χ2v) is 9.14. The van der Waals surface area contributed by atoms with E-state index < -0.39 is 22.5 Å². The number of carbonyl (C=O) groups excluding carboxylic acids is 1. The first kappa shape index (κ1) is 24.2. The van der Waals surface area contributed by atoms with Crippen LogP contribution < -0.4 is 19.1 Å². The van der Waals surface area contributed by atoms with Crippen molar-refractivity contribution in [1.82, 2.24) is 0 Å². The largest absolute Gasteiger partial charge is 0.497 e. The van der Waals surface area contributed by atoms with Crippen LogP contribution in [-0.4, -0.2) is 34.6 Å². The van der Waals surface area contributed by atoms with Crippen molar-refractivity contribution in [2.45, 2.75) is 4.90 Å². The molecular formula is C24H23ClN2O5S. The molecule has 0 bridgehead atoms. The minimum Gasteiger partial charge on any atom is -0.497 e. The van der Waals surface area contributed by atoms with E-state index in [1.54, 1.807) is 66.7 Å². The Morgan fingerprint density at radius 1 is 1.06 bits per heavy atom. The van der Waals surface area contributed by atoms with E-state index in [1.807, 2.05) is 0 Å². The Bertz CT molecular complexity index is 1210. The molecule has 1 amide bonds. The summed E-state index contributed by atoms with van der Waals surface area (Å²) in [5.74, 6) is 0.541.